The molecule has 0 aromatic heterocycles. The van der Waals surface area contributed by atoms with Crippen LogP contribution < -0.4 is 0 Å². The Kier molecular flexibility index (Phi) is 4.77. The standard InChI is InChI=1S/C5H9NO.Y/c7-5-3-1-2-4-6-5;/h1-4H2,(H,6,7);/p-1. The monoisotopic (exact) mass is 187 g/mol. The van der Waals surface area contributed by atoms with Gasteiger partial charge in [-0.1, -0.05) is 6.42 Å². The minimum absolute atomic E-state index is 0. The fourth-order valence-corrected chi connectivity index (χ4v) is 0.671. The Bertz CT molecular complexity index is 76.5. The van der Waals surface area contributed by atoms with Crippen LogP contribution in [0.5, 0.6) is 0 Å². The van der Waals surface area contributed by atoms with Crippen molar-refractivity contribution in [1.29, 1.82) is 0 Å². The van der Waals surface area contributed by atoms with Gasteiger partial charge in [0.2, 0.25) is 0 Å². The summed E-state index contributed by atoms with van der Waals surface area (Å²) in [5, 5.41) is 3.69. The van der Waals surface area contributed by atoms with Gasteiger partial charge in [-0.3, -0.25) is 0 Å². The maximum absolute atomic E-state index is 10.3. The molecule has 0 N–H and O–H groups in total. The number of carbonyl (C=O) groups is 1. The molecule has 1 heterocycles. The number of piperidine rings is 1. The average molecular weight is 187 g/mol. The fraction of sp³-hybridized carbons (Fsp3) is 0.800. The summed E-state index contributed by atoms with van der Waals surface area (Å²) in [4.78, 5) is 10.3. The molecule has 8 heavy (non-hydrogen) atoms. The van der Waals surface area contributed by atoms with E-state index < -0.39 is 0 Å². The SMILES string of the molecule is O=C1CCCC[N-]1.[Y]. The quantitative estimate of drug-likeness (QED) is 0.557. The molecule has 1 aliphatic rings. The fourth-order valence-electron chi connectivity index (χ4n) is 0.671. The largest absolute Gasteiger partial charge is 0.653 e. The first-order chi connectivity index (χ1) is 3.39. The van der Waals surface area contributed by atoms with Crippen molar-refractivity contribution in [2.75, 3.05) is 6.54 Å². The first-order valence-corrected chi connectivity index (χ1v) is 2.60. The molecule has 3 heteroatoms. The Hall–Kier alpha value is 0.574. The number of carbonyl (C=O) groups excluding carboxylic acids is 1. The van der Waals surface area contributed by atoms with Gasteiger partial charge in [-0.15, -0.1) is 6.54 Å². The van der Waals surface area contributed by atoms with Crippen molar-refractivity contribution in [3.05, 3.63) is 5.32 Å². The van der Waals surface area contributed by atoms with Gasteiger partial charge in [0.15, 0.2) is 0 Å². The van der Waals surface area contributed by atoms with Crippen LogP contribution in [0.2, 0.25) is 0 Å². The van der Waals surface area contributed by atoms with Crippen LogP contribution in [0.25, 0.3) is 5.32 Å². The van der Waals surface area contributed by atoms with E-state index in [2.05, 4.69) is 5.32 Å². The summed E-state index contributed by atoms with van der Waals surface area (Å²) in [5.74, 6) is 0.0891. The number of hydrogen-bond acceptors (Lipinski definition) is 1. The maximum atomic E-state index is 10.3. The van der Waals surface area contributed by atoms with E-state index >= 15 is 0 Å². The van der Waals surface area contributed by atoms with Gasteiger partial charge in [-0.05, 0) is 12.8 Å². The van der Waals surface area contributed by atoms with Crippen molar-refractivity contribution in [3.63, 3.8) is 0 Å². The zero-order valence-corrected chi connectivity index (χ0v) is 7.60. The molecule has 1 fully saturated rings. The molecule has 0 aromatic carbocycles. The summed E-state index contributed by atoms with van der Waals surface area (Å²) < 4.78 is 0. The summed E-state index contributed by atoms with van der Waals surface area (Å²) in [6.07, 6.45) is 2.83. The summed E-state index contributed by atoms with van der Waals surface area (Å²) in [6, 6.07) is 0. The van der Waals surface area contributed by atoms with Crippen molar-refractivity contribution in [2.45, 2.75) is 19.3 Å². The molecule has 1 saturated heterocycles. The Balaban J connectivity index is 0.000000490. The van der Waals surface area contributed by atoms with Gasteiger partial charge in [0, 0.05) is 32.7 Å². The number of amides is 1. The van der Waals surface area contributed by atoms with E-state index in [0.29, 0.717) is 6.42 Å². The zero-order chi connectivity index (χ0) is 5.11. The smallest absolute Gasteiger partial charge is 0.0511 e. The molecule has 0 spiro atoms. The third-order valence-corrected chi connectivity index (χ3v) is 1.09. The van der Waals surface area contributed by atoms with Crippen molar-refractivity contribution in [3.8, 4) is 0 Å². The second-order valence-electron chi connectivity index (χ2n) is 1.73. The van der Waals surface area contributed by atoms with Gasteiger partial charge in [-0.25, -0.2) is 0 Å². The molecule has 0 aromatic rings. The molecule has 0 bridgehead atoms. The van der Waals surface area contributed by atoms with Gasteiger partial charge in [0.1, 0.15) is 0 Å². The first kappa shape index (κ1) is 8.57. The van der Waals surface area contributed by atoms with Crippen LogP contribution in [0.15, 0.2) is 0 Å². The van der Waals surface area contributed by atoms with Crippen LogP contribution in [0.1, 0.15) is 19.3 Å². The third kappa shape index (κ3) is 2.78. The van der Waals surface area contributed by atoms with E-state index in [1.165, 1.54) is 0 Å². The summed E-state index contributed by atoms with van der Waals surface area (Å²) in [6.45, 7) is 0.763. The molecule has 1 radical (unpaired) electrons. The predicted molar refractivity (Wildman–Crippen MR) is 27.1 cm³/mol. The Morgan fingerprint density at radius 2 is 2.12 bits per heavy atom. The van der Waals surface area contributed by atoms with Crippen LogP contribution in [0.3, 0.4) is 0 Å². The summed E-state index contributed by atoms with van der Waals surface area (Å²) >= 11 is 0. The van der Waals surface area contributed by atoms with Crippen LogP contribution in [0.4, 0.5) is 0 Å². The van der Waals surface area contributed by atoms with E-state index in [-0.39, 0.29) is 38.6 Å². The molecule has 1 amide bonds. The molecule has 0 atom stereocenters. The van der Waals surface area contributed by atoms with Gasteiger partial charge in [-0.2, -0.15) is 0 Å². The molecular weight excluding hydrogens is 179 g/mol. The van der Waals surface area contributed by atoms with Crippen molar-refractivity contribution >= 4 is 5.91 Å². The first-order valence-electron chi connectivity index (χ1n) is 2.60. The van der Waals surface area contributed by atoms with Crippen molar-refractivity contribution in [2.24, 2.45) is 0 Å². The number of hydrogen-bond donors (Lipinski definition) is 0. The van der Waals surface area contributed by atoms with Crippen LogP contribution in [0, 0.1) is 0 Å². The second kappa shape index (κ2) is 4.45. The topological polar surface area (TPSA) is 31.2 Å². The van der Waals surface area contributed by atoms with Crippen LogP contribution in [-0.2, 0) is 37.5 Å². The van der Waals surface area contributed by atoms with Gasteiger partial charge < -0.3 is 10.1 Å². The Morgan fingerprint density at radius 1 is 1.38 bits per heavy atom. The third-order valence-electron chi connectivity index (χ3n) is 1.09. The molecule has 43 valence electrons. The van der Waals surface area contributed by atoms with E-state index in [0.717, 1.165) is 19.4 Å². The minimum atomic E-state index is 0. The van der Waals surface area contributed by atoms with Crippen LogP contribution >= 0.6 is 0 Å². The van der Waals surface area contributed by atoms with Crippen molar-refractivity contribution in [1.82, 2.24) is 0 Å². The van der Waals surface area contributed by atoms with Gasteiger partial charge in [0.05, 0.1) is 5.91 Å². The molecule has 0 unspecified atom stereocenters. The Labute approximate surface area is 74.3 Å². The Morgan fingerprint density at radius 3 is 2.38 bits per heavy atom. The predicted octanol–water partition coefficient (Wildman–Crippen LogP) is 1.07. The molecule has 1 rings (SSSR count). The number of rotatable bonds is 0. The summed E-state index contributed by atoms with van der Waals surface area (Å²) in [5.41, 5.74) is 0. The van der Waals surface area contributed by atoms with Crippen LogP contribution in [-0.4, -0.2) is 12.5 Å². The molecule has 0 saturated carbocycles. The van der Waals surface area contributed by atoms with Gasteiger partial charge >= 0.3 is 0 Å². The molecule has 2 nitrogen and oxygen atoms in total. The van der Waals surface area contributed by atoms with E-state index in [4.69, 9.17) is 0 Å². The van der Waals surface area contributed by atoms with Crippen molar-refractivity contribution < 1.29 is 37.5 Å². The number of nitrogens with zero attached hydrogens (tertiary/aromatic N) is 1. The molecule has 0 aliphatic carbocycles. The minimum Gasteiger partial charge on any atom is -0.653 e. The van der Waals surface area contributed by atoms with Gasteiger partial charge in [0.25, 0.3) is 0 Å². The summed E-state index contributed by atoms with van der Waals surface area (Å²) in [7, 11) is 0. The van der Waals surface area contributed by atoms with E-state index in [9.17, 15) is 4.79 Å². The second-order valence-corrected chi connectivity index (χ2v) is 1.73. The zero-order valence-electron chi connectivity index (χ0n) is 4.76. The molecular formula is C5H8NOY-. The average Bonchev–Trinajstić information content (AvgIpc) is 1.69. The van der Waals surface area contributed by atoms with E-state index in [1.807, 2.05) is 0 Å². The molecule has 1 aliphatic heterocycles. The van der Waals surface area contributed by atoms with E-state index in [1.54, 1.807) is 0 Å². The maximum Gasteiger partial charge on any atom is 0.0511 e. The normalized spacial score (nSPS) is 18.8.